The minimum atomic E-state index is -0.625. The number of carbonyl (C=O) groups excluding carboxylic acids is 1. The molecule has 0 spiro atoms. The highest BCUT2D eigenvalue weighted by atomic mass is 35.5. The Labute approximate surface area is 173 Å². The summed E-state index contributed by atoms with van der Waals surface area (Å²) in [6.07, 6.45) is 0. The number of fused-ring (bicyclic) bond motifs is 1. The monoisotopic (exact) mass is 430 g/mol. The molecule has 140 valence electrons. The molecule has 2 aromatic carbocycles. The van der Waals surface area contributed by atoms with Gasteiger partial charge in [0.1, 0.15) is 0 Å². The zero-order valence-corrected chi connectivity index (χ0v) is 16.8. The first-order valence-electron chi connectivity index (χ1n) is 8.12. The number of thiazole rings is 1. The number of amides is 1. The largest absolute Gasteiger partial charge is 0.296 e. The molecule has 0 atom stereocenters. The van der Waals surface area contributed by atoms with Crippen molar-refractivity contribution in [2.24, 2.45) is 7.05 Å². The molecule has 2 aromatic heterocycles. The van der Waals surface area contributed by atoms with Crippen LogP contribution in [0.4, 0.5) is 5.13 Å². The molecule has 4 rings (SSSR count). The molecule has 0 aliphatic heterocycles. The van der Waals surface area contributed by atoms with E-state index < -0.39 is 11.3 Å². The van der Waals surface area contributed by atoms with Crippen LogP contribution in [0.3, 0.4) is 0 Å². The van der Waals surface area contributed by atoms with Gasteiger partial charge in [0.05, 0.1) is 16.6 Å². The zero-order valence-electron chi connectivity index (χ0n) is 14.4. The second kappa shape index (κ2) is 7.35. The topological polar surface area (TPSA) is 76.9 Å². The molecule has 0 fully saturated rings. The van der Waals surface area contributed by atoms with Gasteiger partial charge in [0.15, 0.2) is 10.8 Å². The van der Waals surface area contributed by atoms with Crippen molar-refractivity contribution >= 4 is 56.5 Å². The van der Waals surface area contributed by atoms with Gasteiger partial charge in [-0.3, -0.25) is 19.6 Å². The molecule has 0 saturated carbocycles. The highest BCUT2D eigenvalue weighted by Crippen LogP contribution is 2.26. The number of nitrogens with zero attached hydrogens (tertiary/aromatic N) is 3. The van der Waals surface area contributed by atoms with E-state index in [1.165, 1.54) is 22.1 Å². The molecule has 6 nitrogen and oxygen atoms in total. The Kier molecular flexibility index (Phi) is 4.89. The normalized spacial score (nSPS) is 11.0. The second-order valence-corrected chi connectivity index (χ2v) is 7.69. The van der Waals surface area contributed by atoms with Crippen molar-refractivity contribution in [1.82, 2.24) is 14.8 Å². The number of hydrogen-bond acceptors (Lipinski definition) is 5. The van der Waals surface area contributed by atoms with Crippen LogP contribution < -0.4 is 10.7 Å². The van der Waals surface area contributed by atoms with E-state index in [-0.39, 0.29) is 5.69 Å². The number of nitrogens with one attached hydrogen (secondary N) is 1. The van der Waals surface area contributed by atoms with Crippen molar-refractivity contribution in [3.8, 4) is 11.3 Å². The standard InChI is InChI=1S/C19H12Cl2N4O2S/c1-25-15-7-6-12(21)8-13(15)17(26)16(24-25)18(27)23-19-22-14(9-28-19)10-2-4-11(20)5-3-10/h2-9H,1H3,(H,22,23,27). The van der Waals surface area contributed by atoms with Crippen molar-refractivity contribution in [1.29, 1.82) is 0 Å². The van der Waals surface area contributed by atoms with Gasteiger partial charge < -0.3 is 0 Å². The van der Waals surface area contributed by atoms with Crippen LogP contribution in [0.25, 0.3) is 22.2 Å². The third-order valence-electron chi connectivity index (χ3n) is 4.10. The quantitative estimate of drug-likeness (QED) is 0.514. The second-order valence-electron chi connectivity index (χ2n) is 5.96. The molecule has 1 amide bonds. The van der Waals surface area contributed by atoms with Crippen molar-refractivity contribution in [2.45, 2.75) is 0 Å². The van der Waals surface area contributed by atoms with Crippen LogP contribution in [0, 0.1) is 0 Å². The Morgan fingerprint density at radius 3 is 2.57 bits per heavy atom. The number of anilines is 1. The summed E-state index contributed by atoms with van der Waals surface area (Å²) in [4.78, 5) is 29.7. The number of hydrogen-bond donors (Lipinski definition) is 1. The number of aryl methyl sites for hydroxylation is 1. The summed E-state index contributed by atoms with van der Waals surface area (Å²) in [5.74, 6) is -0.625. The van der Waals surface area contributed by atoms with E-state index in [4.69, 9.17) is 23.2 Å². The minimum Gasteiger partial charge on any atom is -0.296 e. The molecule has 28 heavy (non-hydrogen) atoms. The average molecular weight is 431 g/mol. The van der Waals surface area contributed by atoms with E-state index in [0.29, 0.717) is 31.8 Å². The molecule has 4 aromatic rings. The number of benzene rings is 2. The summed E-state index contributed by atoms with van der Waals surface area (Å²) in [6, 6.07) is 12.1. The molecule has 0 radical (unpaired) electrons. The van der Waals surface area contributed by atoms with E-state index in [1.54, 1.807) is 31.3 Å². The van der Waals surface area contributed by atoms with Gasteiger partial charge in [-0.15, -0.1) is 11.3 Å². The molecule has 0 bridgehead atoms. The number of rotatable bonds is 3. The highest BCUT2D eigenvalue weighted by molar-refractivity contribution is 7.14. The van der Waals surface area contributed by atoms with Gasteiger partial charge in [0, 0.05) is 28.0 Å². The lowest BCUT2D eigenvalue weighted by Gasteiger charge is -2.07. The van der Waals surface area contributed by atoms with Crippen LogP contribution in [0.1, 0.15) is 10.5 Å². The molecule has 0 aliphatic rings. The van der Waals surface area contributed by atoms with Crippen LogP contribution >= 0.6 is 34.5 Å². The van der Waals surface area contributed by atoms with Crippen LogP contribution in [0.2, 0.25) is 10.0 Å². The first-order chi connectivity index (χ1) is 13.4. The molecular weight excluding hydrogens is 419 g/mol. The first kappa shape index (κ1) is 18.6. The summed E-state index contributed by atoms with van der Waals surface area (Å²) in [6.45, 7) is 0. The summed E-state index contributed by atoms with van der Waals surface area (Å²) in [5, 5.41) is 10.3. The van der Waals surface area contributed by atoms with Crippen LogP contribution in [-0.2, 0) is 7.05 Å². The summed E-state index contributed by atoms with van der Waals surface area (Å²) < 4.78 is 1.48. The maximum Gasteiger partial charge on any atom is 0.281 e. The van der Waals surface area contributed by atoms with Gasteiger partial charge >= 0.3 is 0 Å². The fourth-order valence-corrected chi connectivity index (χ4v) is 3.75. The Bertz CT molecular complexity index is 1270. The molecule has 2 heterocycles. The average Bonchev–Trinajstić information content (AvgIpc) is 3.13. The minimum absolute atomic E-state index is 0.222. The summed E-state index contributed by atoms with van der Waals surface area (Å²) in [7, 11) is 1.66. The van der Waals surface area contributed by atoms with E-state index in [2.05, 4.69) is 15.4 Å². The van der Waals surface area contributed by atoms with E-state index in [1.807, 2.05) is 17.5 Å². The molecule has 9 heteroatoms. The Hall–Kier alpha value is -2.74. The molecule has 0 unspecified atom stereocenters. The summed E-state index contributed by atoms with van der Waals surface area (Å²) >= 11 is 13.1. The molecule has 0 aliphatic carbocycles. The predicted molar refractivity (Wildman–Crippen MR) is 113 cm³/mol. The lowest BCUT2D eigenvalue weighted by atomic mass is 10.2. The lowest BCUT2D eigenvalue weighted by molar-refractivity contribution is 0.101. The smallest absolute Gasteiger partial charge is 0.281 e. The maximum absolute atomic E-state index is 12.7. The number of carbonyl (C=O) groups is 1. The van der Waals surface area contributed by atoms with Crippen LogP contribution in [0.15, 0.2) is 52.6 Å². The molecule has 0 saturated heterocycles. The third-order valence-corrected chi connectivity index (χ3v) is 5.34. The molecular formula is C19H12Cl2N4O2S. The van der Waals surface area contributed by atoms with Gasteiger partial charge in [-0.1, -0.05) is 35.3 Å². The van der Waals surface area contributed by atoms with Crippen LogP contribution in [0.5, 0.6) is 0 Å². The van der Waals surface area contributed by atoms with Gasteiger partial charge in [0.2, 0.25) is 5.43 Å². The SMILES string of the molecule is Cn1nc(C(=O)Nc2nc(-c3ccc(Cl)cc3)cs2)c(=O)c2cc(Cl)ccc21. The Morgan fingerprint density at radius 2 is 1.82 bits per heavy atom. The van der Waals surface area contributed by atoms with Crippen molar-refractivity contribution < 1.29 is 4.79 Å². The fraction of sp³-hybridized carbons (Fsp3) is 0.0526. The fourth-order valence-electron chi connectivity index (χ4n) is 2.74. The van der Waals surface area contributed by atoms with Crippen molar-refractivity contribution in [3.05, 3.63) is 73.8 Å². The highest BCUT2D eigenvalue weighted by Gasteiger charge is 2.18. The van der Waals surface area contributed by atoms with Gasteiger partial charge in [0.25, 0.3) is 5.91 Å². The van der Waals surface area contributed by atoms with Gasteiger partial charge in [-0.05, 0) is 30.3 Å². The zero-order chi connectivity index (χ0) is 19.8. The van der Waals surface area contributed by atoms with E-state index >= 15 is 0 Å². The van der Waals surface area contributed by atoms with Gasteiger partial charge in [-0.25, -0.2) is 4.98 Å². The van der Waals surface area contributed by atoms with Gasteiger partial charge in [-0.2, -0.15) is 5.10 Å². The third kappa shape index (κ3) is 3.52. The number of aromatic nitrogens is 3. The summed E-state index contributed by atoms with van der Waals surface area (Å²) in [5.41, 5.74) is 1.45. The molecule has 1 N–H and O–H groups in total. The predicted octanol–water partition coefficient (Wildman–Crippen LogP) is 4.62. The lowest BCUT2D eigenvalue weighted by Crippen LogP contribution is -2.26. The van der Waals surface area contributed by atoms with E-state index in [9.17, 15) is 9.59 Å². The number of halogens is 2. The Morgan fingerprint density at radius 1 is 1.11 bits per heavy atom. The Balaban J connectivity index is 1.65. The van der Waals surface area contributed by atoms with Crippen molar-refractivity contribution in [3.63, 3.8) is 0 Å². The van der Waals surface area contributed by atoms with Crippen LogP contribution in [-0.4, -0.2) is 20.7 Å². The maximum atomic E-state index is 12.7. The van der Waals surface area contributed by atoms with E-state index in [0.717, 1.165) is 5.56 Å². The van der Waals surface area contributed by atoms with Crippen molar-refractivity contribution in [2.75, 3.05) is 5.32 Å². The first-order valence-corrected chi connectivity index (χ1v) is 9.75.